The molecular weight excluding hydrogens is 435 g/mol. The van der Waals surface area contributed by atoms with E-state index in [4.69, 9.17) is 32.8 Å². The van der Waals surface area contributed by atoms with Gasteiger partial charge in [0.15, 0.2) is 0 Å². The number of hydrogen-bond acceptors (Lipinski definition) is 5. The predicted molar refractivity (Wildman–Crippen MR) is 121 cm³/mol. The van der Waals surface area contributed by atoms with E-state index in [1.807, 2.05) is 60.7 Å². The first-order valence-electron chi connectivity index (χ1n) is 9.46. The van der Waals surface area contributed by atoms with Crippen LogP contribution < -0.4 is 4.74 Å². The highest BCUT2D eigenvalue weighted by Crippen LogP contribution is 2.23. The molecule has 0 atom stereocenters. The van der Waals surface area contributed by atoms with Gasteiger partial charge in [-0.25, -0.2) is 9.67 Å². The molecule has 0 saturated carbocycles. The molecule has 0 bridgehead atoms. The predicted octanol–water partition coefficient (Wildman–Crippen LogP) is 6.00. The van der Waals surface area contributed by atoms with Crippen molar-refractivity contribution in [3.05, 3.63) is 107 Å². The lowest BCUT2D eigenvalue weighted by Gasteiger charge is -2.10. The Morgan fingerprint density at radius 3 is 2.42 bits per heavy atom. The summed E-state index contributed by atoms with van der Waals surface area (Å²) in [5.41, 5.74) is 2.35. The van der Waals surface area contributed by atoms with Gasteiger partial charge in [-0.1, -0.05) is 52.6 Å². The Labute approximate surface area is 189 Å². The lowest BCUT2D eigenvalue weighted by molar-refractivity contribution is 0.130. The Hall–Kier alpha value is -3.35. The van der Waals surface area contributed by atoms with E-state index in [-0.39, 0.29) is 6.61 Å². The largest absolute Gasteiger partial charge is 0.457 e. The zero-order valence-corrected chi connectivity index (χ0v) is 17.9. The molecule has 0 aliphatic heterocycles. The van der Waals surface area contributed by atoms with Gasteiger partial charge < -0.3 is 9.57 Å². The first kappa shape index (κ1) is 20.9. The Balaban J connectivity index is 1.50. The number of benzene rings is 3. The summed E-state index contributed by atoms with van der Waals surface area (Å²) < 4.78 is 7.53. The van der Waals surface area contributed by atoms with Crippen LogP contribution in [0.3, 0.4) is 0 Å². The summed E-state index contributed by atoms with van der Waals surface area (Å²) in [4.78, 5) is 9.58. The van der Waals surface area contributed by atoms with Crippen molar-refractivity contribution < 1.29 is 9.57 Å². The number of oxime groups is 1. The summed E-state index contributed by atoms with van der Waals surface area (Å²) in [6, 6.07) is 22.5. The van der Waals surface area contributed by atoms with Gasteiger partial charge in [-0.2, -0.15) is 5.10 Å². The molecule has 0 fully saturated rings. The quantitative estimate of drug-likeness (QED) is 0.243. The molecule has 0 radical (unpaired) electrons. The van der Waals surface area contributed by atoms with E-state index in [9.17, 15) is 0 Å². The van der Waals surface area contributed by atoms with Gasteiger partial charge in [-0.05, 0) is 48.5 Å². The van der Waals surface area contributed by atoms with Crippen molar-refractivity contribution in [2.24, 2.45) is 5.16 Å². The first-order valence-corrected chi connectivity index (χ1v) is 10.2. The van der Waals surface area contributed by atoms with Crippen LogP contribution in [0.5, 0.6) is 11.5 Å². The fourth-order valence-electron chi connectivity index (χ4n) is 2.80. The summed E-state index contributed by atoms with van der Waals surface area (Å²) in [6.07, 6.45) is 3.10. The molecule has 6 nitrogen and oxygen atoms in total. The van der Waals surface area contributed by atoms with E-state index in [0.717, 1.165) is 22.6 Å². The van der Waals surface area contributed by atoms with Crippen molar-refractivity contribution >= 4 is 28.9 Å². The van der Waals surface area contributed by atoms with Crippen molar-refractivity contribution in [2.45, 2.75) is 13.2 Å². The van der Waals surface area contributed by atoms with Crippen LogP contribution in [0.2, 0.25) is 10.0 Å². The maximum Gasteiger partial charge on any atom is 0.143 e. The molecule has 1 heterocycles. The summed E-state index contributed by atoms with van der Waals surface area (Å²) in [5, 5.41) is 9.59. The van der Waals surface area contributed by atoms with Gasteiger partial charge in [0, 0.05) is 21.2 Å². The second-order valence-electron chi connectivity index (χ2n) is 6.58. The van der Waals surface area contributed by atoms with E-state index in [0.29, 0.717) is 22.3 Å². The van der Waals surface area contributed by atoms with Crippen molar-refractivity contribution in [3.8, 4) is 11.5 Å². The van der Waals surface area contributed by atoms with Crippen LogP contribution in [0.1, 0.15) is 11.1 Å². The topological polar surface area (TPSA) is 61.5 Å². The normalized spacial score (nSPS) is 11.4. The summed E-state index contributed by atoms with van der Waals surface area (Å²) in [6.45, 7) is 0.610. The minimum Gasteiger partial charge on any atom is -0.457 e. The minimum atomic E-state index is 0.214. The monoisotopic (exact) mass is 452 g/mol. The maximum atomic E-state index is 6.21. The van der Waals surface area contributed by atoms with Crippen LogP contribution in [0.25, 0.3) is 0 Å². The molecule has 3 aromatic carbocycles. The van der Waals surface area contributed by atoms with Gasteiger partial charge in [0.2, 0.25) is 0 Å². The van der Waals surface area contributed by atoms with Crippen molar-refractivity contribution in [2.75, 3.05) is 0 Å². The van der Waals surface area contributed by atoms with Gasteiger partial charge in [0.1, 0.15) is 36.5 Å². The lowest BCUT2D eigenvalue weighted by atomic mass is 10.1. The molecule has 0 spiro atoms. The second kappa shape index (κ2) is 10.1. The zero-order chi connectivity index (χ0) is 21.5. The Morgan fingerprint density at radius 1 is 0.935 bits per heavy atom. The lowest BCUT2D eigenvalue weighted by Crippen LogP contribution is -2.13. The maximum absolute atomic E-state index is 6.21. The van der Waals surface area contributed by atoms with Crippen LogP contribution >= 0.6 is 23.2 Å². The van der Waals surface area contributed by atoms with E-state index < -0.39 is 0 Å². The molecule has 0 saturated heterocycles. The fraction of sp³-hybridized carbons (Fsp3) is 0.0870. The van der Waals surface area contributed by atoms with Crippen molar-refractivity contribution in [3.63, 3.8) is 0 Å². The van der Waals surface area contributed by atoms with Gasteiger partial charge in [0.25, 0.3) is 0 Å². The third kappa shape index (κ3) is 5.84. The molecule has 156 valence electrons. The van der Waals surface area contributed by atoms with Crippen LogP contribution in [0.4, 0.5) is 0 Å². The molecule has 1 aromatic heterocycles. The summed E-state index contributed by atoms with van der Waals surface area (Å²) in [7, 11) is 0. The summed E-state index contributed by atoms with van der Waals surface area (Å²) in [5.74, 6) is 1.50. The zero-order valence-electron chi connectivity index (χ0n) is 16.4. The number of aromatic nitrogens is 3. The fourth-order valence-corrected chi connectivity index (χ4v) is 3.26. The minimum absolute atomic E-state index is 0.214. The van der Waals surface area contributed by atoms with Crippen LogP contribution in [0, 0.1) is 0 Å². The van der Waals surface area contributed by atoms with Crippen molar-refractivity contribution in [1.82, 2.24) is 14.8 Å². The number of para-hydroxylation sites is 1. The van der Waals surface area contributed by atoms with Crippen LogP contribution in [0.15, 0.2) is 90.6 Å². The highest BCUT2D eigenvalue weighted by Gasteiger charge is 2.09. The van der Waals surface area contributed by atoms with Crippen LogP contribution in [-0.4, -0.2) is 20.5 Å². The molecule has 0 aliphatic rings. The van der Waals surface area contributed by atoms with Gasteiger partial charge in [-0.15, -0.1) is 0 Å². The molecule has 4 aromatic rings. The molecule has 0 aliphatic carbocycles. The highest BCUT2D eigenvalue weighted by atomic mass is 35.5. The standard InChI is InChI=1S/C23H18Cl2N4O2/c24-19-9-6-18(22(25)12-19)14-30-28-23(13-29-16-26-15-27-29)17-7-10-21(11-8-17)31-20-4-2-1-3-5-20/h1-12,15-16H,13-14H2. The van der Waals surface area contributed by atoms with Crippen molar-refractivity contribution in [1.29, 1.82) is 0 Å². The van der Waals surface area contributed by atoms with E-state index in [1.54, 1.807) is 23.1 Å². The smallest absolute Gasteiger partial charge is 0.143 e. The average molecular weight is 453 g/mol. The van der Waals surface area contributed by atoms with Gasteiger partial charge in [0.05, 0.1) is 6.54 Å². The summed E-state index contributed by atoms with van der Waals surface area (Å²) >= 11 is 12.2. The molecule has 4 rings (SSSR count). The third-order valence-corrected chi connectivity index (χ3v) is 4.94. The molecule has 0 unspecified atom stereocenters. The highest BCUT2D eigenvalue weighted by molar-refractivity contribution is 6.35. The molecular formula is C23H18Cl2N4O2. The SMILES string of the molecule is Clc1ccc(CON=C(Cn2cncn2)c2ccc(Oc3ccccc3)cc2)c(Cl)c1. The average Bonchev–Trinajstić information content (AvgIpc) is 3.29. The van der Waals surface area contributed by atoms with Gasteiger partial charge in [-0.3, -0.25) is 0 Å². The second-order valence-corrected chi connectivity index (χ2v) is 7.42. The number of rotatable bonds is 8. The van der Waals surface area contributed by atoms with Gasteiger partial charge >= 0.3 is 0 Å². The Bertz CT molecular complexity index is 1150. The number of halogens is 2. The third-order valence-electron chi connectivity index (χ3n) is 4.35. The number of nitrogens with zero attached hydrogens (tertiary/aromatic N) is 4. The van der Waals surface area contributed by atoms with E-state index in [1.165, 1.54) is 6.33 Å². The molecule has 31 heavy (non-hydrogen) atoms. The number of ether oxygens (including phenoxy) is 1. The Kier molecular flexibility index (Phi) is 6.82. The molecule has 0 amide bonds. The number of hydrogen-bond donors (Lipinski definition) is 0. The molecule has 0 N–H and O–H groups in total. The van der Waals surface area contributed by atoms with Crippen LogP contribution in [-0.2, 0) is 18.0 Å². The molecule has 8 heteroatoms. The Morgan fingerprint density at radius 2 is 1.71 bits per heavy atom. The van der Waals surface area contributed by atoms with E-state index in [2.05, 4.69) is 15.2 Å². The first-order chi connectivity index (χ1) is 15.2. The van der Waals surface area contributed by atoms with E-state index >= 15 is 0 Å².